The Hall–Kier alpha value is -3.62. The predicted molar refractivity (Wildman–Crippen MR) is 109 cm³/mol. The Balaban J connectivity index is 1.59. The van der Waals surface area contributed by atoms with Crippen molar-refractivity contribution in [3.05, 3.63) is 71.7 Å². The van der Waals surface area contributed by atoms with Gasteiger partial charge in [-0.1, -0.05) is 12.1 Å². The molecular formula is C20H25N7O2. The SMILES string of the molecule is CCNC(=NCc1cccc(C(=O)NCc2ccco2)c1)NCc1ncnn1C. The van der Waals surface area contributed by atoms with Crippen molar-refractivity contribution in [2.75, 3.05) is 6.54 Å². The van der Waals surface area contributed by atoms with Crippen molar-refractivity contribution >= 4 is 11.9 Å². The smallest absolute Gasteiger partial charge is 0.251 e. The molecule has 0 unspecified atom stereocenters. The van der Waals surface area contributed by atoms with Crippen molar-refractivity contribution < 1.29 is 9.21 Å². The van der Waals surface area contributed by atoms with E-state index >= 15 is 0 Å². The van der Waals surface area contributed by atoms with Gasteiger partial charge in [-0.2, -0.15) is 5.10 Å². The van der Waals surface area contributed by atoms with Crippen LogP contribution in [0.4, 0.5) is 0 Å². The number of aryl methyl sites for hydroxylation is 1. The van der Waals surface area contributed by atoms with Gasteiger partial charge in [0, 0.05) is 19.2 Å². The molecular weight excluding hydrogens is 370 g/mol. The lowest BCUT2D eigenvalue weighted by atomic mass is 10.1. The van der Waals surface area contributed by atoms with Crippen molar-refractivity contribution in [1.29, 1.82) is 0 Å². The molecule has 0 saturated heterocycles. The van der Waals surface area contributed by atoms with E-state index < -0.39 is 0 Å². The van der Waals surface area contributed by atoms with Gasteiger partial charge in [-0.15, -0.1) is 0 Å². The first kappa shape index (κ1) is 20.1. The van der Waals surface area contributed by atoms with E-state index in [1.807, 2.05) is 38.2 Å². The summed E-state index contributed by atoms with van der Waals surface area (Å²) in [6, 6.07) is 11.0. The molecule has 1 amide bonds. The second-order valence-corrected chi connectivity index (χ2v) is 6.31. The second kappa shape index (κ2) is 10.1. The van der Waals surface area contributed by atoms with Gasteiger partial charge in [-0.3, -0.25) is 9.48 Å². The highest BCUT2D eigenvalue weighted by molar-refractivity contribution is 5.94. The summed E-state index contributed by atoms with van der Waals surface area (Å²) in [5.74, 6) is 2.04. The minimum absolute atomic E-state index is 0.153. The van der Waals surface area contributed by atoms with Crippen LogP contribution in [0.1, 0.15) is 34.4 Å². The third-order valence-corrected chi connectivity index (χ3v) is 4.18. The summed E-state index contributed by atoms with van der Waals surface area (Å²) in [5, 5.41) is 13.3. The molecule has 0 saturated carbocycles. The average Bonchev–Trinajstić information content (AvgIpc) is 3.40. The fourth-order valence-electron chi connectivity index (χ4n) is 2.65. The Morgan fingerprint density at radius 3 is 2.79 bits per heavy atom. The molecule has 3 rings (SSSR count). The number of carbonyl (C=O) groups is 1. The van der Waals surface area contributed by atoms with Gasteiger partial charge in [0.25, 0.3) is 5.91 Å². The molecule has 0 fully saturated rings. The highest BCUT2D eigenvalue weighted by Crippen LogP contribution is 2.08. The van der Waals surface area contributed by atoms with E-state index in [0.717, 1.165) is 17.9 Å². The zero-order valence-electron chi connectivity index (χ0n) is 16.6. The van der Waals surface area contributed by atoms with Crippen LogP contribution in [0.25, 0.3) is 0 Å². The molecule has 0 aliphatic carbocycles. The summed E-state index contributed by atoms with van der Waals surface area (Å²) in [6.07, 6.45) is 3.10. The number of nitrogens with zero attached hydrogens (tertiary/aromatic N) is 4. The van der Waals surface area contributed by atoms with E-state index in [0.29, 0.717) is 36.9 Å². The molecule has 9 nitrogen and oxygen atoms in total. The number of hydrogen-bond donors (Lipinski definition) is 3. The third-order valence-electron chi connectivity index (χ3n) is 4.18. The third kappa shape index (κ3) is 5.93. The molecule has 0 radical (unpaired) electrons. The van der Waals surface area contributed by atoms with Crippen LogP contribution in [0, 0.1) is 0 Å². The molecule has 0 aliphatic heterocycles. The Morgan fingerprint density at radius 2 is 2.07 bits per heavy atom. The van der Waals surface area contributed by atoms with Gasteiger partial charge in [-0.25, -0.2) is 9.98 Å². The number of carbonyl (C=O) groups excluding carboxylic acids is 1. The monoisotopic (exact) mass is 395 g/mol. The van der Waals surface area contributed by atoms with Crippen molar-refractivity contribution in [2.45, 2.75) is 26.6 Å². The molecule has 2 aromatic heterocycles. The molecule has 0 aliphatic rings. The highest BCUT2D eigenvalue weighted by Gasteiger charge is 2.07. The largest absolute Gasteiger partial charge is 0.467 e. The molecule has 29 heavy (non-hydrogen) atoms. The zero-order valence-corrected chi connectivity index (χ0v) is 16.6. The number of hydrogen-bond acceptors (Lipinski definition) is 5. The summed E-state index contributed by atoms with van der Waals surface area (Å²) in [7, 11) is 1.84. The quantitative estimate of drug-likeness (QED) is 0.395. The number of benzene rings is 1. The predicted octanol–water partition coefficient (Wildman–Crippen LogP) is 1.59. The molecule has 0 spiro atoms. The van der Waals surface area contributed by atoms with Gasteiger partial charge < -0.3 is 20.4 Å². The number of furan rings is 1. The first-order chi connectivity index (χ1) is 14.2. The Kier molecular flexibility index (Phi) is 6.99. The van der Waals surface area contributed by atoms with Gasteiger partial charge in [-0.05, 0) is 36.8 Å². The number of guanidine groups is 1. The molecule has 152 valence electrons. The fraction of sp³-hybridized carbons (Fsp3) is 0.300. The van der Waals surface area contributed by atoms with Crippen molar-refractivity contribution in [1.82, 2.24) is 30.7 Å². The van der Waals surface area contributed by atoms with Crippen LogP contribution in [0.5, 0.6) is 0 Å². The number of nitrogens with one attached hydrogen (secondary N) is 3. The Bertz CT molecular complexity index is 947. The molecule has 2 heterocycles. The number of aliphatic imine (C=N–C) groups is 1. The highest BCUT2D eigenvalue weighted by atomic mass is 16.3. The van der Waals surface area contributed by atoms with Gasteiger partial charge in [0.05, 0.1) is 25.9 Å². The van der Waals surface area contributed by atoms with Crippen LogP contribution in [0.2, 0.25) is 0 Å². The first-order valence-corrected chi connectivity index (χ1v) is 9.40. The maximum absolute atomic E-state index is 12.4. The van der Waals surface area contributed by atoms with E-state index in [9.17, 15) is 4.79 Å². The van der Waals surface area contributed by atoms with E-state index in [1.54, 1.807) is 23.1 Å². The number of amides is 1. The minimum atomic E-state index is -0.153. The van der Waals surface area contributed by atoms with Crippen LogP contribution in [0.3, 0.4) is 0 Å². The van der Waals surface area contributed by atoms with Crippen molar-refractivity contribution in [2.24, 2.45) is 12.0 Å². The molecule has 3 aromatic rings. The molecule has 0 atom stereocenters. The van der Waals surface area contributed by atoms with E-state index in [4.69, 9.17) is 4.42 Å². The number of rotatable bonds is 8. The normalized spacial score (nSPS) is 11.3. The summed E-state index contributed by atoms with van der Waals surface area (Å²) in [6.45, 7) is 4.04. The van der Waals surface area contributed by atoms with Gasteiger partial charge in [0.1, 0.15) is 17.9 Å². The van der Waals surface area contributed by atoms with Gasteiger partial charge in [0.2, 0.25) is 0 Å². The van der Waals surface area contributed by atoms with Crippen molar-refractivity contribution in [3.63, 3.8) is 0 Å². The summed E-state index contributed by atoms with van der Waals surface area (Å²) < 4.78 is 6.94. The second-order valence-electron chi connectivity index (χ2n) is 6.31. The van der Waals surface area contributed by atoms with Crippen LogP contribution < -0.4 is 16.0 Å². The summed E-state index contributed by atoms with van der Waals surface area (Å²) in [5.41, 5.74) is 1.52. The van der Waals surface area contributed by atoms with Crippen LogP contribution in [-0.4, -0.2) is 33.2 Å². The Labute approximate surface area is 169 Å². The fourth-order valence-corrected chi connectivity index (χ4v) is 2.65. The van der Waals surface area contributed by atoms with Crippen LogP contribution >= 0.6 is 0 Å². The van der Waals surface area contributed by atoms with Crippen molar-refractivity contribution in [3.8, 4) is 0 Å². The number of aromatic nitrogens is 3. The van der Waals surface area contributed by atoms with Crippen LogP contribution in [0.15, 0.2) is 58.4 Å². The molecule has 1 aromatic carbocycles. The zero-order chi connectivity index (χ0) is 20.5. The maximum Gasteiger partial charge on any atom is 0.251 e. The topological polar surface area (TPSA) is 109 Å². The molecule has 9 heteroatoms. The minimum Gasteiger partial charge on any atom is -0.467 e. The van der Waals surface area contributed by atoms with E-state index in [-0.39, 0.29) is 5.91 Å². The molecule has 3 N–H and O–H groups in total. The van der Waals surface area contributed by atoms with Crippen LogP contribution in [-0.2, 0) is 26.7 Å². The van der Waals surface area contributed by atoms with Gasteiger partial charge in [0.15, 0.2) is 5.96 Å². The standard InChI is InChI=1S/C20H25N7O2/c1-3-21-20(24-13-18-25-14-26-27(18)2)23-11-15-6-4-7-16(10-15)19(28)22-12-17-8-5-9-29-17/h4-10,14H,3,11-13H2,1-2H3,(H,22,28)(H2,21,23,24). The molecule has 0 bridgehead atoms. The van der Waals surface area contributed by atoms with E-state index in [1.165, 1.54) is 6.33 Å². The average molecular weight is 395 g/mol. The lowest BCUT2D eigenvalue weighted by Crippen LogP contribution is -2.37. The van der Waals surface area contributed by atoms with E-state index in [2.05, 4.69) is 31.0 Å². The first-order valence-electron chi connectivity index (χ1n) is 9.40. The Morgan fingerprint density at radius 1 is 1.17 bits per heavy atom. The summed E-state index contributed by atoms with van der Waals surface area (Å²) in [4.78, 5) is 21.1. The lowest BCUT2D eigenvalue weighted by Gasteiger charge is -2.11. The lowest BCUT2D eigenvalue weighted by molar-refractivity contribution is 0.0948. The van der Waals surface area contributed by atoms with Gasteiger partial charge >= 0.3 is 0 Å². The maximum atomic E-state index is 12.4. The summed E-state index contributed by atoms with van der Waals surface area (Å²) >= 11 is 0.